The molecular formula is C53H79N4O50S8-9. The molecule has 7 rings (SSSR count). The molecule has 115 heavy (non-hydrogen) atoms. The summed E-state index contributed by atoms with van der Waals surface area (Å²) in [5.41, 5.74) is 0. The van der Waals surface area contributed by atoms with Gasteiger partial charge in [-0.05, 0) is 25.7 Å². The van der Waals surface area contributed by atoms with Crippen LogP contribution in [0.5, 0.6) is 0 Å². The summed E-state index contributed by atoms with van der Waals surface area (Å²) in [6.45, 7) is -2.18. The summed E-state index contributed by atoms with van der Waals surface area (Å²) in [5.74, 6) is -5.51. The van der Waals surface area contributed by atoms with Crippen LogP contribution in [0.25, 0.3) is 0 Å². The molecule has 14 unspecified atom stereocenters. The molecule has 4 N–H and O–H groups in total. The molecule has 7 heterocycles. The maximum Gasteiger partial charge on any atom is 0.315 e. The Bertz CT molecular complexity index is 3330. The zero-order chi connectivity index (χ0) is 84.3. The molecule has 7 fully saturated rings. The first kappa shape index (κ1) is 99.4. The van der Waals surface area contributed by atoms with Crippen LogP contribution in [0.2, 0.25) is 0 Å². The van der Waals surface area contributed by atoms with Gasteiger partial charge in [-0.1, -0.05) is 19.8 Å². The standard InChI is InChI=1S/C53H88N4O50S8/c1-21-23(17-84-113(69,70)71)87-48(30(31(21)78-2)56-28(59)15-9-8-12-16-54-27(58)14-11-10-13-26-29-22(20-108-26)55-53(64)57-29)92-36-34(79-3)42(81-5)50(94-40(36)46(60)61)91-33-25(19-86-115(75,76)77)89-52(45(99-112-107-103-68)39(33)97-110-105-101-66)93-37-35(80-4)43(82-6)51(95-41(37)47(62)63)90-32-24(18-85-114(72,73)74)88-49(83-7)44(98-111-106-102-67)38(32)96-109-104-100-65/h21-26,29-45,48-52,65-68H,8-20H2,1-7H3,(H,54,58)(H,56,59)(H,60,61)(H,62,63)(H2,55,57,64)(H,69,70,71)(H,72,73,74)(H,75,76,77)/p-9/t21-,22?,23?,24?,25?,26?,29?,30?,31-,32-,33+,34-,35?,36+,37-,38-,39?,40?,41+,42?,43?,44?,45?,48-,49+,50+,51-,52+/m0/s1. The van der Waals surface area contributed by atoms with Gasteiger partial charge in [0, 0.05) is 79.0 Å². The smallest absolute Gasteiger partial charge is 0.315 e. The number of carbonyl (C=O) groups excluding carboxylic acids is 5. The predicted molar refractivity (Wildman–Crippen MR) is 346 cm³/mol. The summed E-state index contributed by atoms with van der Waals surface area (Å²) in [4.78, 5) is 65.4. The number of nitrogens with one attached hydrogen (secondary N) is 4. The van der Waals surface area contributed by atoms with E-state index in [1.54, 1.807) is 11.8 Å². The minimum atomic E-state index is -5.88. The Hall–Kier alpha value is -2.73. The van der Waals surface area contributed by atoms with E-state index in [1.165, 1.54) is 14.0 Å². The highest BCUT2D eigenvalue weighted by molar-refractivity contribution is 8.00. The Kier molecular flexibility index (Phi) is 42.3. The van der Waals surface area contributed by atoms with Gasteiger partial charge in [0.2, 0.25) is 43.0 Å². The van der Waals surface area contributed by atoms with Gasteiger partial charge >= 0.3 is 6.03 Å². The second-order valence-corrected chi connectivity index (χ2v) is 31.2. The van der Waals surface area contributed by atoms with E-state index in [1.807, 2.05) is 0 Å². The highest BCUT2D eigenvalue weighted by atomic mass is 32.3. The monoisotopic (exact) mass is 1830 g/mol. The molecule has 668 valence electrons. The molecule has 28 atom stereocenters. The van der Waals surface area contributed by atoms with Gasteiger partial charge in [0.25, 0.3) is 0 Å². The summed E-state index contributed by atoms with van der Waals surface area (Å²) >= 11 is 0.442. The number of carboxylic acids is 2. The van der Waals surface area contributed by atoms with Gasteiger partial charge in [0.15, 0.2) is 93.0 Å². The molecule has 0 bridgehead atoms. The lowest BCUT2D eigenvalue weighted by atomic mass is 9.88. The van der Waals surface area contributed by atoms with Crippen LogP contribution < -0.4 is 52.5 Å². The van der Waals surface area contributed by atoms with Crippen LogP contribution in [0.4, 0.5) is 4.79 Å². The van der Waals surface area contributed by atoms with Gasteiger partial charge in [-0.3, -0.25) is 59.0 Å². The molecular weight excluding hydrogens is 1750 g/mol. The van der Waals surface area contributed by atoms with E-state index in [0.29, 0.717) is 19.3 Å². The van der Waals surface area contributed by atoms with Crippen molar-refractivity contribution in [3.8, 4) is 0 Å². The number of aliphatic carboxylic acids is 2. The minimum absolute atomic E-state index is 0.0351. The highest BCUT2D eigenvalue weighted by Crippen LogP contribution is 2.43. The van der Waals surface area contributed by atoms with Crippen molar-refractivity contribution in [3.05, 3.63) is 0 Å². The number of carboxylic acid groups (broad SMARTS) is 2. The fourth-order valence-corrected chi connectivity index (χ4v) is 17.2. The van der Waals surface area contributed by atoms with Crippen LogP contribution in [0, 0.1) is 5.92 Å². The summed E-state index contributed by atoms with van der Waals surface area (Å²) in [6.07, 6.45) is -45.1. The van der Waals surface area contributed by atoms with Crippen LogP contribution in [-0.2, 0) is 188 Å². The van der Waals surface area contributed by atoms with Crippen molar-refractivity contribution < 1.29 is 232 Å². The maximum atomic E-state index is 13.9. The average Bonchev–Trinajstić information content (AvgIpc) is 1.42. The number of fused-ring (bicyclic) bond motifs is 1. The quantitative estimate of drug-likeness (QED) is 0.00835. The highest BCUT2D eigenvalue weighted by Gasteiger charge is 2.61. The van der Waals surface area contributed by atoms with Crippen molar-refractivity contribution in [1.29, 1.82) is 0 Å². The van der Waals surface area contributed by atoms with E-state index in [4.69, 9.17) is 87.8 Å². The fraction of sp³-hybridized carbons (Fsp3) is 0.906. The topological polar surface area (TPSA) is 720 Å². The first-order valence-corrected chi connectivity index (χ1v) is 41.2. The van der Waals surface area contributed by atoms with Crippen molar-refractivity contribution in [3.63, 3.8) is 0 Å². The third-order valence-electron chi connectivity index (χ3n) is 18.2. The Morgan fingerprint density at radius 2 is 0.878 bits per heavy atom. The summed E-state index contributed by atoms with van der Waals surface area (Å²) in [7, 11) is -11.1. The number of hydrogen-bond donors (Lipinski definition) is 4. The predicted octanol–water partition coefficient (Wildman–Crippen LogP) is -9.99. The number of ether oxygens (including phenoxy) is 15. The largest absolute Gasteiger partial charge is 0.726 e. The summed E-state index contributed by atoms with van der Waals surface area (Å²) in [6, 6.07) is -1.58. The van der Waals surface area contributed by atoms with Crippen LogP contribution in [0.15, 0.2) is 0 Å². The van der Waals surface area contributed by atoms with Crippen molar-refractivity contribution in [2.75, 3.05) is 74.8 Å². The Morgan fingerprint density at radius 1 is 0.470 bits per heavy atom. The zero-order valence-corrected chi connectivity index (χ0v) is 67.1. The van der Waals surface area contributed by atoms with Crippen LogP contribution in [0.1, 0.15) is 58.3 Å². The second kappa shape index (κ2) is 48.9. The van der Waals surface area contributed by atoms with Crippen molar-refractivity contribution in [2.45, 2.75) is 223 Å². The molecule has 0 saturated carbocycles. The average molecular weight is 1830 g/mol. The SMILES string of the molecule is COC1C(OC)[C@H](O[C@H]2OC(COS(=O)(=O)[O-])[C@@H](O[C@@H]3OC(C(=O)[O-])[C@H](O[C@@H]4OC(COS(=O)(=O)[O-])[C@H](C)[C@H](OC)C4NC(=O)CCCCCNC(=O)CCCCC4SCC5NC(=O)NC54)[C@H](OC)C3OC)C(OSOO[O-])C2OSOO[O-])[C@H](C(=O)[O-])O[C@@H]1O[C@H]1C(COS(=O)(=O)[O-])O[C@@H](OC)C(OSOO[O-])[C@H]1OSOO[O-]. The third kappa shape index (κ3) is 29.5. The lowest BCUT2D eigenvalue weighted by molar-refractivity contribution is -0.778. The third-order valence-corrected chi connectivity index (χ3v) is 22.7. The fourth-order valence-electron chi connectivity index (χ4n) is 13.3. The van der Waals surface area contributed by atoms with Gasteiger partial charge in [0.05, 0.1) is 56.1 Å². The summed E-state index contributed by atoms with van der Waals surface area (Å²) < 4.78 is 249. The maximum absolute atomic E-state index is 13.9. The van der Waals surface area contributed by atoms with Crippen molar-refractivity contribution >= 4 is 122 Å². The van der Waals surface area contributed by atoms with Crippen molar-refractivity contribution in [1.82, 2.24) is 21.3 Å². The molecule has 4 amide bonds. The molecule has 0 aliphatic carbocycles. The molecule has 0 aromatic carbocycles. The number of methoxy groups -OCH3 is 6. The van der Waals surface area contributed by atoms with Crippen molar-refractivity contribution in [2.24, 2.45) is 5.92 Å². The van der Waals surface area contributed by atoms with Gasteiger partial charge in [-0.25, -0.2) is 30.0 Å². The van der Waals surface area contributed by atoms with Gasteiger partial charge in [0.1, 0.15) is 91.5 Å². The van der Waals surface area contributed by atoms with Gasteiger partial charge in [-0.2, -0.15) is 11.8 Å². The van der Waals surface area contributed by atoms with E-state index < -0.39 is 247 Å². The number of carbonyl (C=O) groups is 5. The normalized spacial score (nSPS) is 35.2. The van der Waals surface area contributed by atoms with Crippen LogP contribution in [0.3, 0.4) is 0 Å². The number of rotatable bonds is 53. The van der Waals surface area contributed by atoms with E-state index in [0.717, 1.165) is 54.1 Å². The van der Waals surface area contributed by atoms with Crippen LogP contribution >= 0.6 is 61.1 Å². The van der Waals surface area contributed by atoms with E-state index in [2.05, 4.69) is 71.3 Å². The second-order valence-electron chi connectivity index (χ2n) is 24.9. The Balaban J connectivity index is 1.15. The van der Waals surface area contributed by atoms with Gasteiger partial charge < -0.3 is 147 Å². The molecule has 7 aliphatic rings. The Labute approximate surface area is 675 Å². The van der Waals surface area contributed by atoms with E-state index in [-0.39, 0.29) is 79.7 Å². The number of unbranched alkanes of at least 4 members (excludes halogenated alkanes) is 3. The van der Waals surface area contributed by atoms with E-state index in [9.17, 15) is 94.1 Å². The molecule has 0 aromatic heterocycles. The number of hydrogen-bond acceptors (Lipinski definition) is 55. The zero-order valence-electron chi connectivity index (χ0n) is 60.5. The number of thioether (sulfide) groups is 1. The molecule has 0 spiro atoms. The molecule has 62 heteroatoms. The Morgan fingerprint density at radius 3 is 1.33 bits per heavy atom. The first-order chi connectivity index (χ1) is 54.8. The molecule has 0 radical (unpaired) electrons. The van der Waals surface area contributed by atoms with E-state index >= 15 is 0 Å². The first-order valence-electron chi connectivity index (χ1n) is 33.5. The molecule has 7 aliphatic heterocycles. The molecule has 0 aromatic rings. The van der Waals surface area contributed by atoms with Gasteiger partial charge in [-0.15, -0.1) is 17.3 Å². The minimum Gasteiger partial charge on any atom is -0.726 e. The molecule has 7 saturated heterocycles. The lowest BCUT2D eigenvalue weighted by Gasteiger charge is -2.52. The number of urea groups is 1. The van der Waals surface area contributed by atoms with Crippen LogP contribution in [-0.4, -0.2) is 308 Å². The summed E-state index contributed by atoms with van der Waals surface area (Å²) in [5, 5.41) is 96.3. The lowest BCUT2D eigenvalue weighted by Crippen LogP contribution is -2.70. The number of amides is 4. The molecule has 54 nitrogen and oxygen atoms in total.